The van der Waals surface area contributed by atoms with Crippen LogP contribution in [0.3, 0.4) is 0 Å². The van der Waals surface area contributed by atoms with Gasteiger partial charge in [0.2, 0.25) is 0 Å². The van der Waals surface area contributed by atoms with E-state index < -0.39 is 0 Å². The Morgan fingerprint density at radius 1 is 1.43 bits per heavy atom. The number of hydrogen-bond donors (Lipinski definition) is 1. The highest BCUT2D eigenvalue weighted by molar-refractivity contribution is 5.23. The van der Waals surface area contributed by atoms with Crippen molar-refractivity contribution in [3.63, 3.8) is 0 Å². The summed E-state index contributed by atoms with van der Waals surface area (Å²) in [6, 6.07) is 0. The monoisotopic (exact) mass is 195 g/mol. The smallest absolute Gasteiger partial charge is 0.183 e. The van der Waals surface area contributed by atoms with Gasteiger partial charge in [0.1, 0.15) is 0 Å². The van der Waals surface area contributed by atoms with E-state index in [1.165, 1.54) is 5.57 Å². The summed E-state index contributed by atoms with van der Waals surface area (Å²) in [4.78, 5) is 0. The van der Waals surface area contributed by atoms with Crippen LogP contribution in [-0.2, 0) is 4.74 Å². The SMILES string of the molecule is C\C=C(/C=C\C=C(/N)OCC)C(C)C. The highest BCUT2D eigenvalue weighted by Crippen LogP contribution is 2.10. The lowest BCUT2D eigenvalue weighted by Crippen LogP contribution is -2.01. The maximum Gasteiger partial charge on any atom is 0.183 e. The van der Waals surface area contributed by atoms with Crippen molar-refractivity contribution in [3.05, 3.63) is 35.8 Å². The molecule has 2 N–H and O–H groups in total. The Balaban J connectivity index is 4.23. The molecule has 80 valence electrons. The molecule has 0 aliphatic carbocycles. The molecule has 0 bridgehead atoms. The van der Waals surface area contributed by atoms with Gasteiger partial charge in [0.15, 0.2) is 5.88 Å². The molecule has 14 heavy (non-hydrogen) atoms. The number of hydrogen-bond acceptors (Lipinski definition) is 2. The second kappa shape index (κ2) is 7.25. The zero-order chi connectivity index (χ0) is 11.0. The van der Waals surface area contributed by atoms with Crippen LogP contribution in [0.1, 0.15) is 27.7 Å². The first-order valence-corrected chi connectivity index (χ1v) is 5.04. The van der Waals surface area contributed by atoms with Crippen LogP contribution in [0.2, 0.25) is 0 Å². The summed E-state index contributed by atoms with van der Waals surface area (Å²) < 4.78 is 5.09. The quantitative estimate of drug-likeness (QED) is 0.540. The minimum atomic E-state index is 0.461. The van der Waals surface area contributed by atoms with Crippen LogP contribution in [-0.4, -0.2) is 6.61 Å². The molecule has 2 nitrogen and oxygen atoms in total. The van der Waals surface area contributed by atoms with E-state index in [1.54, 1.807) is 6.08 Å². The van der Waals surface area contributed by atoms with Crippen molar-refractivity contribution in [3.8, 4) is 0 Å². The van der Waals surface area contributed by atoms with E-state index >= 15 is 0 Å². The predicted molar refractivity (Wildman–Crippen MR) is 61.6 cm³/mol. The van der Waals surface area contributed by atoms with Crippen LogP contribution in [0.25, 0.3) is 0 Å². The molecule has 0 amide bonds. The summed E-state index contributed by atoms with van der Waals surface area (Å²) in [6.45, 7) is 8.88. The fraction of sp³-hybridized carbons (Fsp3) is 0.500. The van der Waals surface area contributed by atoms with Crippen LogP contribution >= 0.6 is 0 Å². The van der Waals surface area contributed by atoms with Crippen LogP contribution in [0.4, 0.5) is 0 Å². The predicted octanol–water partition coefficient (Wildman–Crippen LogP) is 2.98. The standard InChI is InChI=1S/C12H21NO/c1-5-11(10(3)4)8-7-9-12(13)14-6-2/h5,7-10H,6,13H2,1-4H3/b8-7-,11-5+,12-9+. The summed E-state index contributed by atoms with van der Waals surface area (Å²) in [6.07, 6.45) is 7.85. The minimum Gasteiger partial charge on any atom is -0.480 e. The third kappa shape index (κ3) is 5.46. The van der Waals surface area contributed by atoms with Crippen LogP contribution in [0.5, 0.6) is 0 Å². The van der Waals surface area contributed by atoms with Gasteiger partial charge in [-0.3, -0.25) is 0 Å². The second-order valence-corrected chi connectivity index (χ2v) is 3.30. The Bertz CT molecular complexity index is 237. The molecule has 0 saturated heterocycles. The molecule has 0 aromatic carbocycles. The lowest BCUT2D eigenvalue weighted by molar-refractivity contribution is 0.226. The summed E-state index contributed by atoms with van der Waals surface area (Å²) in [7, 11) is 0. The highest BCUT2D eigenvalue weighted by atomic mass is 16.5. The fourth-order valence-corrected chi connectivity index (χ4v) is 1.09. The summed E-state index contributed by atoms with van der Waals surface area (Å²) in [5, 5.41) is 0. The molecule has 0 spiro atoms. The van der Waals surface area contributed by atoms with E-state index in [2.05, 4.69) is 26.0 Å². The van der Waals surface area contributed by atoms with Crippen molar-refractivity contribution >= 4 is 0 Å². The third-order valence-corrected chi connectivity index (χ3v) is 1.86. The first kappa shape index (κ1) is 12.8. The van der Waals surface area contributed by atoms with Crippen LogP contribution < -0.4 is 5.73 Å². The maximum absolute atomic E-state index is 5.56. The Labute approximate surface area is 87.1 Å². The zero-order valence-electron chi connectivity index (χ0n) is 9.58. The van der Waals surface area contributed by atoms with Crippen molar-refractivity contribution < 1.29 is 4.74 Å². The van der Waals surface area contributed by atoms with Gasteiger partial charge in [-0.25, -0.2) is 0 Å². The Kier molecular flexibility index (Phi) is 6.63. The number of ether oxygens (including phenoxy) is 1. The average Bonchev–Trinajstić information content (AvgIpc) is 2.12. The number of allylic oxidation sites excluding steroid dienone is 5. The van der Waals surface area contributed by atoms with Gasteiger partial charge in [-0.05, 0) is 31.4 Å². The van der Waals surface area contributed by atoms with Crippen LogP contribution in [0, 0.1) is 5.92 Å². The molecule has 0 rings (SSSR count). The van der Waals surface area contributed by atoms with Gasteiger partial charge in [-0.2, -0.15) is 0 Å². The molecule has 0 aliphatic heterocycles. The van der Waals surface area contributed by atoms with Gasteiger partial charge in [-0.1, -0.05) is 32.1 Å². The van der Waals surface area contributed by atoms with Gasteiger partial charge < -0.3 is 10.5 Å². The molecule has 0 aliphatic rings. The fourth-order valence-electron chi connectivity index (χ4n) is 1.09. The molecule has 0 heterocycles. The Hall–Kier alpha value is -1.18. The van der Waals surface area contributed by atoms with Gasteiger partial charge in [0.05, 0.1) is 6.61 Å². The van der Waals surface area contributed by atoms with E-state index in [0.717, 1.165) is 0 Å². The van der Waals surface area contributed by atoms with E-state index in [-0.39, 0.29) is 0 Å². The van der Waals surface area contributed by atoms with Gasteiger partial charge in [0, 0.05) is 0 Å². The maximum atomic E-state index is 5.56. The van der Waals surface area contributed by atoms with Gasteiger partial charge in [-0.15, -0.1) is 0 Å². The second-order valence-electron chi connectivity index (χ2n) is 3.30. The van der Waals surface area contributed by atoms with E-state index in [9.17, 15) is 0 Å². The highest BCUT2D eigenvalue weighted by Gasteiger charge is 1.95. The van der Waals surface area contributed by atoms with Crippen molar-refractivity contribution in [2.75, 3.05) is 6.61 Å². The zero-order valence-corrected chi connectivity index (χ0v) is 9.58. The molecule has 0 saturated carbocycles. The molecule has 0 aromatic rings. The number of nitrogens with two attached hydrogens (primary N) is 1. The lowest BCUT2D eigenvalue weighted by atomic mass is 10.0. The molecule has 0 radical (unpaired) electrons. The van der Waals surface area contributed by atoms with E-state index in [0.29, 0.717) is 18.4 Å². The number of rotatable bonds is 5. The minimum absolute atomic E-state index is 0.461. The summed E-state index contributed by atoms with van der Waals surface area (Å²) >= 11 is 0. The molecule has 0 aromatic heterocycles. The average molecular weight is 195 g/mol. The van der Waals surface area contributed by atoms with E-state index in [4.69, 9.17) is 10.5 Å². The molecule has 0 fully saturated rings. The molecule has 0 atom stereocenters. The molecule has 0 unspecified atom stereocenters. The third-order valence-electron chi connectivity index (χ3n) is 1.86. The summed E-state index contributed by atoms with van der Waals surface area (Å²) in [5.41, 5.74) is 6.85. The summed E-state index contributed by atoms with van der Waals surface area (Å²) in [5.74, 6) is 1.00. The van der Waals surface area contributed by atoms with Crippen molar-refractivity contribution in [1.29, 1.82) is 0 Å². The first-order valence-electron chi connectivity index (χ1n) is 5.04. The lowest BCUT2D eigenvalue weighted by Gasteiger charge is -2.04. The van der Waals surface area contributed by atoms with Crippen molar-refractivity contribution in [1.82, 2.24) is 0 Å². The van der Waals surface area contributed by atoms with Crippen LogP contribution in [0.15, 0.2) is 35.8 Å². The molecule has 2 heteroatoms. The van der Waals surface area contributed by atoms with Gasteiger partial charge >= 0.3 is 0 Å². The van der Waals surface area contributed by atoms with E-state index in [1.807, 2.05) is 19.9 Å². The largest absolute Gasteiger partial charge is 0.480 e. The topological polar surface area (TPSA) is 35.2 Å². The Morgan fingerprint density at radius 3 is 2.50 bits per heavy atom. The van der Waals surface area contributed by atoms with Crippen molar-refractivity contribution in [2.24, 2.45) is 11.7 Å². The normalized spacial score (nSPS) is 14.1. The first-order chi connectivity index (χ1) is 6.61. The van der Waals surface area contributed by atoms with Crippen molar-refractivity contribution in [2.45, 2.75) is 27.7 Å². The molecular weight excluding hydrogens is 174 g/mol. The Morgan fingerprint density at radius 2 is 2.07 bits per heavy atom. The molecular formula is C12H21NO. The van der Waals surface area contributed by atoms with Gasteiger partial charge in [0.25, 0.3) is 0 Å².